The maximum absolute atomic E-state index is 12.7. The fourth-order valence-electron chi connectivity index (χ4n) is 1.99. The average molecular weight is 402 g/mol. The van der Waals surface area contributed by atoms with Crippen LogP contribution < -0.4 is 5.32 Å². The molecule has 11 heteroatoms. The molecule has 0 aliphatic heterocycles. The van der Waals surface area contributed by atoms with Crippen LogP contribution in [0.1, 0.15) is 17.3 Å². The topological polar surface area (TPSA) is 92.8 Å². The molecule has 0 fully saturated rings. The second-order valence-corrected chi connectivity index (χ2v) is 6.90. The molecular weight excluding hydrogens is 389 g/mol. The Morgan fingerprint density at radius 1 is 1.00 bits per heavy atom. The molecule has 0 aliphatic rings. The van der Waals surface area contributed by atoms with Crippen LogP contribution in [0.3, 0.4) is 0 Å². The van der Waals surface area contributed by atoms with Crippen LogP contribution in [0.25, 0.3) is 0 Å². The molecule has 0 spiro atoms. The zero-order chi connectivity index (χ0) is 20.2. The van der Waals surface area contributed by atoms with E-state index in [1.807, 2.05) is 0 Å². The minimum absolute atomic E-state index is 0.221. The molecule has 144 valence electrons. The first-order chi connectivity index (χ1) is 12.5. The molecular formula is C16H13F3N2O5S. The number of hydrogen-bond acceptors (Lipinski definition) is 5. The van der Waals surface area contributed by atoms with Gasteiger partial charge in [-0.1, -0.05) is 22.7 Å². The number of anilines is 1. The first-order valence-corrected chi connectivity index (χ1v) is 8.73. The van der Waals surface area contributed by atoms with E-state index in [1.54, 1.807) is 0 Å². The highest BCUT2D eigenvalue weighted by Crippen LogP contribution is 2.26. The highest BCUT2D eigenvalue weighted by atomic mass is 32.2. The van der Waals surface area contributed by atoms with Gasteiger partial charge in [-0.05, 0) is 36.4 Å². The fourth-order valence-corrected chi connectivity index (χ4v) is 3.17. The van der Waals surface area contributed by atoms with Crippen molar-refractivity contribution in [3.8, 4) is 0 Å². The summed E-state index contributed by atoms with van der Waals surface area (Å²) in [5, 5.41) is 2.37. The van der Waals surface area contributed by atoms with Gasteiger partial charge in [0.15, 0.2) is 0 Å². The van der Waals surface area contributed by atoms with E-state index in [1.165, 1.54) is 25.1 Å². The summed E-state index contributed by atoms with van der Waals surface area (Å²) in [6, 6.07) is 10.7. The van der Waals surface area contributed by atoms with Crippen LogP contribution >= 0.6 is 0 Å². The molecule has 0 heterocycles. The highest BCUT2D eigenvalue weighted by Gasteiger charge is 2.42. The molecule has 0 atom stereocenters. The van der Waals surface area contributed by atoms with Crippen molar-refractivity contribution in [2.75, 3.05) is 5.32 Å². The summed E-state index contributed by atoms with van der Waals surface area (Å²) in [5.74, 6) is -1.94. The molecule has 0 aliphatic carbocycles. The van der Waals surface area contributed by atoms with E-state index in [4.69, 9.17) is 0 Å². The van der Waals surface area contributed by atoms with Crippen LogP contribution in [0.4, 0.5) is 18.9 Å². The van der Waals surface area contributed by atoms with E-state index < -0.39 is 37.6 Å². The van der Waals surface area contributed by atoms with Gasteiger partial charge in [0.05, 0.1) is 4.90 Å². The van der Waals surface area contributed by atoms with Crippen LogP contribution in [0.2, 0.25) is 0 Å². The molecule has 2 aromatic carbocycles. The summed E-state index contributed by atoms with van der Waals surface area (Å²) < 4.78 is 62.5. The summed E-state index contributed by atoms with van der Waals surface area (Å²) in [5.41, 5.74) is -0.0979. The Labute approximate surface area is 152 Å². The third kappa shape index (κ3) is 5.28. The number of benzene rings is 2. The van der Waals surface area contributed by atoms with Gasteiger partial charge < -0.3 is 5.32 Å². The number of hydrogen-bond donors (Lipinski definition) is 1. The van der Waals surface area contributed by atoms with E-state index in [9.17, 15) is 31.2 Å². The van der Waals surface area contributed by atoms with Crippen molar-refractivity contribution < 1.29 is 36.0 Å². The summed E-state index contributed by atoms with van der Waals surface area (Å²) in [6.07, 6.45) is -5.42. The molecule has 1 N–H and O–H groups in total. The number of rotatable bonds is 5. The van der Waals surface area contributed by atoms with E-state index in [2.05, 4.69) is 10.2 Å². The Kier molecular flexibility index (Phi) is 5.86. The second-order valence-electron chi connectivity index (χ2n) is 5.15. The van der Waals surface area contributed by atoms with E-state index >= 15 is 0 Å². The molecule has 7 nitrogen and oxygen atoms in total. The molecule has 0 unspecified atom stereocenters. The number of amides is 2. The molecule has 2 rings (SSSR count). The number of carbonyl (C=O) groups excluding carboxylic acids is 2. The largest absolute Gasteiger partial charge is 0.545 e. The van der Waals surface area contributed by atoms with Gasteiger partial charge in [-0.3, -0.25) is 9.59 Å². The Hall–Kier alpha value is -2.92. The van der Waals surface area contributed by atoms with Gasteiger partial charge >= 0.3 is 6.36 Å². The Balaban J connectivity index is 2.44. The van der Waals surface area contributed by atoms with Crippen molar-refractivity contribution in [3.05, 3.63) is 60.2 Å². The number of hydroxylamine groups is 1. The van der Waals surface area contributed by atoms with Crippen LogP contribution in [0.15, 0.2) is 59.5 Å². The quantitative estimate of drug-likeness (QED) is 0.777. The average Bonchev–Trinajstić information content (AvgIpc) is 2.59. The van der Waals surface area contributed by atoms with Crippen molar-refractivity contribution in [1.29, 1.82) is 0 Å². The van der Waals surface area contributed by atoms with Crippen molar-refractivity contribution >= 4 is 27.5 Å². The summed E-state index contributed by atoms with van der Waals surface area (Å²) >= 11 is 0. The van der Waals surface area contributed by atoms with Gasteiger partial charge in [-0.25, -0.2) is 0 Å². The number of nitrogens with one attached hydrogen (secondary N) is 1. The Bertz CT molecular complexity index is 929. The number of halogens is 3. The van der Waals surface area contributed by atoms with Crippen molar-refractivity contribution in [3.63, 3.8) is 0 Å². The van der Waals surface area contributed by atoms with Gasteiger partial charge in [0, 0.05) is 18.2 Å². The molecule has 0 saturated heterocycles. The monoisotopic (exact) mass is 402 g/mol. The smallest absolute Gasteiger partial charge is 0.326 e. The highest BCUT2D eigenvalue weighted by molar-refractivity contribution is 7.89. The summed E-state index contributed by atoms with van der Waals surface area (Å²) in [7, 11) is -5.00. The van der Waals surface area contributed by atoms with Crippen LogP contribution in [0, 0.1) is 0 Å². The Morgan fingerprint density at radius 2 is 1.56 bits per heavy atom. The molecule has 27 heavy (non-hydrogen) atoms. The SMILES string of the molecule is CC(=O)Nc1ccc(S(=O)(=O)N(OC(F)(F)F)C(=O)c2ccccc2)cc1. The molecule has 0 saturated carbocycles. The van der Waals surface area contributed by atoms with Crippen LogP contribution in [-0.2, 0) is 19.7 Å². The normalized spacial score (nSPS) is 11.7. The lowest BCUT2D eigenvalue weighted by Gasteiger charge is -2.22. The van der Waals surface area contributed by atoms with Crippen molar-refractivity contribution in [2.24, 2.45) is 0 Å². The van der Waals surface area contributed by atoms with Gasteiger partial charge in [0.2, 0.25) is 5.91 Å². The maximum atomic E-state index is 12.7. The fraction of sp³-hybridized carbons (Fsp3) is 0.125. The number of nitrogens with zero attached hydrogens (tertiary/aromatic N) is 1. The minimum atomic E-state index is -5.42. The standard InChI is InChI=1S/C16H13F3N2O5S/c1-11(22)20-13-7-9-14(10-8-13)27(24,25)21(26-16(17,18)19)15(23)12-5-3-2-4-6-12/h2-10H,1H3,(H,20,22). The summed E-state index contributed by atoms with van der Waals surface area (Å²) in [4.78, 5) is 26.2. The van der Waals surface area contributed by atoms with Gasteiger partial charge in [0.25, 0.3) is 15.9 Å². The number of carbonyl (C=O) groups is 2. The number of sulfonamides is 1. The molecule has 2 aromatic rings. The second kappa shape index (κ2) is 7.76. The van der Waals surface area contributed by atoms with Crippen LogP contribution in [-0.4, -0.2) is 31.1 Å². The molecule has 2 amide bonds. The zero-order valence-corrected chi connectivity index (χ0v) is 14.5. The minimum Gasteiger partial charge on any atom is -0.326 e. The predicted octanol–water partition coefficient (Wildman–Crippen LogP) is 2.93. The first kappa shape index (κ1) is 20.4. The first-order valence-electron chi connectivity index (χ1n) is 7.29. The van der Waals surface area contributed by atoms with E-state index in [0.29, 0.717) is 0 Å². The molecule has 0 bridgehead atoms. The predicted molar refractivity (Wildman–Crippen MR) is 87.7 cm³/mol. The third-order valence-corrected chi connectivity index (χ3v) is 4.61. The van der Waals surface area contributed by atoms with Crippen LogP contribution in [0.5, 0.6) is 0 Å². The van der Waals surface area contributed by atoms with Gasteiger partial charge in [-0.2, -0.15) is 13.3 Å². The summed E-state index contributed by atoms with van der Waals surface area (Å²) in [6.45, 7) is 1.22. The van der Waals surface area contributed by atoms with E-state index in [-0.39, 0.29) is 11.3 Å². The van der Waals surface area contributed by atoms with E-state index in [0.717, 1.165) is 36.4 Å². The van der Waals surface area contributed by atoms with Crippen molar-refractivity contribution in [1.82, 2.24) is 4.47 Å². The lowest BCUT2D eigenvalue weighted by Crippen LogP contribution is -2.41. The zero-order valence-electron chi connectivity index (χ0n) is 13.7. The lowest BCUT2D eigenvalue weighted by atomic mass is 10.2. The van der Waals surface area contributed by atoms with Gasteiger partial charge in [-0.15, -0.1) is 13.2 Å². The number of alkyl halides is 3. The van der Waals surface area contributed by atoms with Crippen molar-refractivity contribution in [2.45, 2.75) is 18.2 Å². The molecule has 0 radical (unpaired) electrons. The Morgan fingerprint density at radius 3 is 2.04 bits per heavy atom. The third-order valence-electron chi connectivity index (χ3n) is 3.06. The lowest BCUT2D eigenvalue weighted by molar-refractivity contribution is -0.377. The molecule has 0 aromatic heterocycles. The van der Waals surface area contributed by atoms with Gasteiger partial charge in [0.1, 0.15) is 0 Å². The maximum Gasteiger partial charge on any atom is 0.545 e.